The molecular weight excluding hydrogens is 302 g/mol. The van der Waals surface area contributed by atoms with E-state index in [0.717, 1.165) is 12.1 Å². The SMILES string of the molecule is CCOP(=O)(OCC)C(C)Nc1ccc(F)cc1[N+](=O)[O-]. The van der Waals surface area contributed by atoms with Crippen molar-refractivity contribution in [1.82, 2.24) is 0 Å². The van der Waals surface area contributed by atoms with Crippen molar-refractivity contribution in [2.24, 2.45) is 0 Å². The average Bonchev–Trinajstić information content (AvgIpc) is 2.41. The van der Waals surface area contributed by atoms with Gasteiger partial charge in [0, 0.05) is 0 Å². The Kier molecular flexibility index (Phi) is 6.26. The molecule has 0 fully saturated rings. The van der Waals surface area contributed by atoms with E-state index in [0.29, 0.717) is 0 Å². The second-order valence-electron chi connectivity index (χ2n) is 4.11. The van der Waals surface area contributed by atoms with Crippen LogP contribution in [0.5, 0.6) is 0 Å². The van der Waals surface area contributed by atoms with Gasteiger partial charge in [-0.05, 0) is 32.9 Å². The Labute approximate surface area is 122 Å². The highest BCUT2D eigenvalue weighted by Crippen LogP contribution is 2.53. The molecule has 9 heteroatoms. The van der Waals surface area contributed by atoms with Gasteiger partial charge in [-0.25, -0.2) is 4.39 Å². The molecule has 0 heterocycles. The lowest BCUT2D eigenvalue weighted by Gasteiger charge is -2.24. The minimum atomic E-state index is -3.47. The number of rotatable bonds is 8. The Hall–Kier alpha value is -1.50. The molecule has 0 saturated carbocycles. The maximum Gasteiger partial charge on any atom is 0.352 e. The van der Waals surface area contributed by atoms with Crippen molar-refractivity contribution >= 4 is 19.0 Å². The summed E-state index contributed by atoms with van der Waals surface area (Å²) in [7, 11) is -3.47. The second-order valence-corrected chi connectivity index (χ2v) is 6.48. The van der Waals surface area contributed by atoms with Crippen molar-refractivity contribution in [3.8, 4) is 0 Å². The summed E-state index contributed by atoms with van der Waals surface area (Å²) in [4.78, 5) is 10.2. The Bertz CT molecular complexity index is 544. The summed E-state index contributed by atoms with van der Waals surface area (Å²) in [5, 5.41) is 13.6. The van der Waals surface area contributed by atoms with Crippen molar-refractivity contribution in [3.05, 3.63) is 34.1 Å². The van der Waals surface area contributed by atoms with Gasteiger partial charge in [0.2, 0.25) is 0 Å². The molecule has 1 unspecified atom stereocenters. The maximum atomic E-state index is 13.1. The van der Waals surface area contributed by atoms with E-state index in [1.54, 1.807) is 13.8 Å². The number of nitro benzene ring substituents is 1. The molecule has 0 amide bonds. The molecule has 118 valence electrons. The number of hydrogen-bond acceptors (Lipinski definition) is 6. The van der Waals surface area contributed by atoms with Crippen LogP contribution >= 0.6 is 7.60 Å². The van der Waals surface area contributed by atoms with Crippen LogP contribution < -0.4 is 5.32 Å². The molecule has 0 aliphatic carbocycles. The van der Waals surface area contributed by atoms with E-state index >= 15 is 0 Å². The topological polar surface area (TPSA) is 90.7 Å². The lowest BCUT2D eigenvalue weighted by molar-refractivity contribution is -0.384. The smallest absolute Gasteiger partial charge is 0.352 e. The lowest BCUT2D eigenvalue weighted by Crippen LogP contribution is -2.19. The summed E-state index contributed by atoms with van der Waals surface area (Å²) < 4.78 is 35.9. The van der Waals surface area contributed by atoms with Crippen LogP contribution in [0.3, 0.4) is 0 Å². The summed E-state index contributed by atoms with van der Waals surface area (Å²) in [6, 6.07) is 3.09. The normalized spacial score (nSPS) is 13.0. The summed E-state index contributed by atoms with van der Waals surface area (Å²) in [6.45, 7) is 5.21. The van der Waals surface area contributed by atoms with E-state index in [1.165, 1.54) is 13.0 Å². The van der Waals surface area contributed by atoms with Gasteiger partial charge in [0.15, 0.2) is 0 Å². The van der Waals surface area contributed by atoms with Crippen molar-refractivity contribution in [1.29, 1.82) is 0 Å². The van der Waals surface area contributed by atoms with Gasteiger partial charge in [0.05, 0.1) is 24.2 Å². The van der Waals surface area contributed by atoms with Gasteiger partial charge in [0.1, 0.15) is 17.3 Å². The zero-order valence-corrected chi connectivity index (χ0v) is 12.9. The quantitative estimate of drug-likeness (QED) is 0.445. The van der Waals surface area contributed by atoms with E-state index in [9.17, 15) is 19.1 Å². The van der Waals surface area contributed by atoms with E-state index < -0.39 is 29.8 Å². The molecule has 0 saturated heterocycles. The Morgan fingerprint density at radius 2 is 1.95 bits per heavy atom. The fraction of sp³-hybridized carbons (Fsp3) is 0.500. The summed E-state index contributed by atoms with van der Waals surface area (Å²) in [6.07, 6.45) is 0. The van der Waals surface area contributed by atoms with Gasteiger partial charge in [-0.2, -0.15) is 0 Å². The molecule has 1 rings (SSSR count). The molecule has 0 aliphatic rings. The fourth-order valence-electron chi connectivity index (χ4n) is 1.70. The van der Waals surface area contributed by atoms with Crippen LogP contribution in [-0.4, -0.2) is 23.9 Å². The number of nitro groups is 1. The van der Waals surface area contributed by atoms with Crippen LogP contribution in [0.25, 0.3) is 0 Å². The molecule has 1 atom stereocenters. The maximum absolute atomic E-state index is 13.1. The van der Waals surface area contributed by atoms with Crippen molar-refractivity contribution in [3.63, 3.8) is 0 Å². The first-order valence-corrected chi connectivity index (χ1v) is 8.04. The average molecular weight is 320 g/mol. The monoisotopic (exact) mass is 320 g/mol. The van der Waals surface area contributed by atoms with Crippen LogP contribution in [0.4, 0.5) is 15.8 Å². The van der Waals surface area contributed by atoms with Crippen LogP contribution in [0.15, 0.2) is 18.2 Å². The minimum Gasteiger partial charge on any atom is -0.366 e. The third kappa shape index (κ3) is 4.49. The zero-order valence-electron chi connectivity index (χ0n) is 12.0. The highest BCUT2D eigenvalue weighted by molar-refractivity contribution is 7.54. The van der Waals surface area contributed by atoms with Crippen LogP contribution in [0, 0.1) is 15.9 Å². The predicted molar refractivity (Wildman–Crippen MR) is 77.0 cm³/mol. The molecule has 21 heavy (non-hydrogen) atoms. The van der Waals surface area contributed by atoms with Gasteiger partial charge in [-0.3, -0.25) is 14.7 Å². The third-order valence-corrected chi connectivity index (χ3v) is 4.93. The molecule has 1 aromatic rings. The van der Waals surface area contributed by atoms with Crippen molar-refractivity contribution < 1.29 is 22.9 Å². The van der Waals surface area contributed by atoms with E-state index in [2.05, 4.69) is 5.32 Å². The number of nitrogens with zero attached hydrogens (tertiary/aromatic N) is 1. The molecule has 0 spiro atoms. The van der Waals surface area contributed by atoms with Gasteiger partial charge in [0.25, 0.3) is 5.69 Å². The summed E-state index contributed by atoms with van der Waals surface area (Å²) in [5.41, 5.74) is -0.394. The summed E-state index contributed by atoms with van der Waals surface area (Å²) in [5.74, 6) is -1.54. The van der Waals surface area contributed by atoms with Gasteiger partial charge in [-0.1, -0.05) is 0 Å². The first-order valence-electron chi connectivity index (χ1n) is 6.43. The Balaban J connectivity index is 3.04. The van der Waals surface area contributed by atoms with Gasteiger partial charge >= 0.3 is 7.60 Å². The minimum absolute atomic E-state index is 0.0496. The standard InChI is InChI=1S/C12H18FN2O5P/c1-4-19-21(18,20-5-2)9(3)14-11-7-6-10(13)8-12(11)15(16)17/h6-9,14H,4-5H2,1-3H3. The third-order valence-electron chi connectivity index (χ3n) is 2.61. The Morgan fingerprint density at radius 3 is 2.43 bits per heavy atom. The first-order chi connectivity index (χ1) is 9.84. The van der Waals surface area contributed by atoms with Crippen molar-refractivity contribution in [2.75, 3.05) is 18.5 Å². The number of hydrogen-bond donors (Lipinski definition) is 1. The molecule has 0 bridgehead atoms. The van der Waals surface area contributed by atoms with Gasteiger partial charge < -0.3 is 14.4 Å². The van der Waals surface area contributed by atoms with E-state index in [4.69, 9.17) is 9.05 Å². The zero-order chi connectivity index (χ0) is 16.0. The van der Waals surface area contributed by atoms with E-state index in [-0.39, 0.29) is 18.9 Å². The first kappa shape index (κ1) is 17.6. The van der Waals surface area contributed by atoms with Crippen LogP contribution in [0.1, 0.15) is 20.8 Å². The second kappa shape index (κ2) is 7.49. The largest absolute Gasteiger partial charge is 0.366 e. The predicted octanol–water partition coefficient (Wildman–Crippen LogP) is 3.76. The van der Waals surface area contributed by atoms with Gasteiger partial charge in [-0.15, -0.1) is 0 Å². The number of anilines is 1. The molecule has 0 aromatic heterocycles. The number of nitrogens with one attached hydrogen (secondary N) is 1. The molecular formula is C12H18FN2O5P. The summed E-state index contributed by atoms with van der Waals surface area (Å²) >= 11 is 0. The lowest BCUT2D eigenvalue weighted by atomic mass is 10.2. The highest BCUT2D eigenvalue weighted by Gasteiger charge is 2.33. The highest BCUT2D eigenvalue weighted by atomic mass is 31.2. The number of benzene rings is 1. The van der Waals surface area contributed by atoms with E-state index in [1.807, 2.05) is 0 Å². The molecule has 7 nitrogen and oxygen atoms in total. The van der Waals surface area contributed by atoms with Crippen LogP contribution in [0.2, 0.25) is 0 Å². The fourth-order valence-corrected chi connectivity index (χ4v) is 3.24. The Morgan fingerprint density at radius 1 is 1.38 bits per heavy atom. The molecule has 1 N–H and O–H groups in total. The van der Waals surface area contributed by atoms with Crippen molar-refractivity contribution in [2.45, 2.75) is 26.6 Å². The number of halogens is 1. The molecule has 1 aromatic carbocycles. The molecule has 0 aliphatic heterocycles. The van der Waals surface area contributed by atoms with Crippen LogP contribution in [-0.2, 0) is 13.6 Å². The molecule has 0 radical (unpaired) electrons.